The third-order valence-electron chi connectivity index (χ3n) is 4.59. The van der Waals surface area contributed by atoms with E-state index in [1.807, 2.05) is 27.7 Å². The molecule has 0 amide bonds. The van der Waals surface area contributed by atoms with Crippen LogP contribution in [-0.4, -0.2) is 46.9 Å². The van der Waals surface area contributed by atoms with E-state index in [0.29, 0.717) is 0 Å². The van der Waals surface area contributed by atoms with Gasteiger partial charge >= 0.3 is 13.2 Å². The van der Waals surface area contributed by atoms with Crippen molar-refractivity contribution < 1.29 is 19.2 Å². The Morgan fingerprint density at radius 1 is 1.26 bits per heavy atom. The fourth-order valence-corrected chi connectivity index (χ4v) is 2.67. The smallest absolute Gasteiger partial charge is 0.481 e. The zero-order valence-corrected chi connectivity index (χ0v) is 12.3. The normalized spacial score (nSPS) is 30.5. The summed E-state index contributed by atoms with van der Waals surface area (Å²) in [5, 5.41) is 9.02. The molecule has 1 N–H and O–H groups in total. The number of carbonyl (C=O) groups is 1. The van der Waals surface area contributed by atoms with Gasteiger partial charge < -0.3 is 14.4 Å². The van der Waals surface area contributed by atoms with Crippen molar-refractivity contribution in [1.82, 2.24) is 4.81 Å². The Hall–Kier alpha value is -0.585. The summed E-state index contributed by atoms with van der Waals surface area (Å²) in [7, 11) is -0.422. The number of hydrogen-bond donors (Lipinski definition) is 1. The van der Waals surface area contributed by atoms with E-state index in [9.17, 15) is 4.79 Å². The van der Waals surface area contributed by atoms with Gasteiger partial charge in [0.2, 0.25) is 0 Å². The van der Waals surface area contributed by atoms with Gasteiger partial charge in [0.05, 0.1) is 17.6 Å². The molecule has 0 unspecified atom stereocenters. The van der Waals surface area contributed by atoms with Crippen LogP contribution in [0.5, 0.6) is 0 Å². The van der Waals surface area contributed by atoms with Crippen LogP contribution in [0.4, 0.5) is 0 Å². The van der Waals surface area contributed by atoms with Crippen molar-refractivity contribution in [3.8, 4) is 0 Å². The molecule has 2 fully saturated rings. The SMILES string of the molecule is CC1(C)OB(N2CCCC[C@@H]2CC(=O)O)OC1(C)C. The molecule has 5 nitrogen and oxygen atoms in total. The van der Waals surface area contributed by atoms with Crippen LogP contribution in [0.25, 0.3) is 0 Å². The molecule has 2 aliphatic heterocycles. The van der Waals surface area contributed by atoms with Crippen molar-refractivity contribution in [3.05, 3.63) is 0 Å². The van der Waals surface area contributed by atoms with E-state index in [-0.39, 0.29) is 23.7 Å². The predicted molar refractivity (Wildman–Crippen MR) is 72.7 cm³/mol. The standard InChI is InChI=1S/C13H24BNO4/c1-12(2)13(3,4)19-14(18-12)15-8-6-5-7-10(15)9-11(16)17/h10H,5-9H2,1-4H3,(H,16,17)/t10-/m1/s1. The number of hydrogen-bond acceptors (Lipinski definition) is 4. The van der Waals surface area contributed by atoms with Crippen LogP contribution in [0, 0.1) is 0 Å². The minimum Gasteiger partial charge on any atom is -0.481 e. The minimum atomic E-state index is -0.756. The average Bonchev–Trinajstić information content (AvgIpc) is 2.48. The molecule has 2 rings (SSSR count). The monoisotopic (exact) mass is 269 g/mol. The molecular weight excluding hydrogens is 245 g/mol. The minimum absolute atomic E-state index is 0.0148. The molecule has 0 aromatic carbocycles. The van der Waals surface area contributed by atoms with Crippen LogP contribution >= 0.6 is 0 Å². The van der Waals surface area contributed by atoms with Crippen LogP contribution in [0.3, 0.4) is 0 Å². The van der Waals surface area contributed by atoms with E-state index in [0.717, 1.165) is 25.8 Å². The highest BCUT2D eigenvalue weighted by molar-refractivity contribution is 6.42. The van der Waals surface area contributed by atoms with Crippen molar-refractivity contribution in [2.24, 2.45) is 0 Å². The summed E-state index contributed by atoms with van der Waals surface area (Å²) in [5.74, 6) is -0.756. The van der Waals surface area contributed by atoms with Crippen molar-refractivity contribution in [2.75, 3.05) is 6.54 Å². The van der Waals surface area contributed by atoms with E-state index < -0.39 is 13.2 Å². The molecule has 1 atom stereocenters. The highest BCUT2D eigenvalue weighted by Gasteiger charge is 2.55. The molecule has 0 bridgehead atoms. The number of piperidine rings is 1. The molecule has 6 heteroatoms. The third kappa shape index (κ3) is 2.96. The average molecular weight is 269 g/mol. The summed E-state index contributed by atoms with van der Waals surface area (Å²) >= 11 is 0. The van der Waals surface area contributed by atoms with Crippen molar-refractivity contribution in [2.45, 2.75) is 70.6 Å². The molecule has 0 aliphatic carbocycles. The van der Waals surface area contributed by atoms with Crippen LogP contribution in [0.1, 0.15) is 53.4 Å². The van der Waals surface area contributed by atoms with E-state index in [2.05, 4.69) is 4.81 Å². The Bertz CT molecular complexity index is 343. The first kappa shape index (κ1) is 14.8. The maximum Gasteiger partial charge on any atom is 0.558 e. The Morgan fingerprint density at radius 2 is 1.84 bits per heavy atom. The summed E-state index contributed by atoms with van der Waals surface area (Å²) in [6, 6.07) is 0.0148. The van der Waals surface area contributed by atoms with Gasteiger partial charge in [-0.1, -0.05) is 6.42 Å². The first-order valence-electron chi connectivity index (χ1n) is 7.06. The number of nitrogens with zero attached hydrogens (tertiary/aromatic N) is 1. The molecule has 0 saturated carbocycles. The number of rotatable bonds is 3. The van der Waals surface area contributed by atoms with Gasteiger partial charge in [-0.25, -0.2) is 0 Å². The van der Waals surface area contributed by atoms with Gasteiger partial charge in [0.25, 0.3) is 0 Å². The maximum atomic E-state index is 11.0. The Kier molecular flexibility index (Phi) is 3.96. The second kappa shape index (κ2) is 5.07. The molecule has 2 saturated heterocycles. The van der Waals surface area contributed by atoms with Crippen LogP contribution < -0.4 is 0 Å². The van der Waals surface area contributed by atoms with Gasteiger partial charge in [-0.05, 0) is 47.1 Å². The van der Waals surface area contributed by atoms with Gasteiger partial charge in [-0.3, -0.25) is 9.61 Å². The zero-order chi connectivity index (χ0) is 14.3. The zero-order valence-electron chi connectivity index (χ0n) is 12.3. The van der Waals surface area contributed by atoms with E-state index in [1.165, 1.54) is 0 Å². The summed E-state index contributed by atoms with van der Waals surface area (Å²) in [5.41, 5.74) is -0.744. The summed E-state index contributed by atoms with van der Waals surface area (Å²) < 4.78 is 12.1. The molecular formula is C13H24BNO4. The van der Waals surface area contributed by atoms with E-state index in [4.69, 9.17) is 14.4 Å². The highest BCUT2D eigenvalue weighted by Crippen LogP contribution is 2.39. The topological polar surface area (TPSA) is 59.0 Å². The fourth-order valence-electron chi connectivity index (χ4n) is 2.67. The van der Waals surface area contributed by atoms with Gasteiger partial charge in [-0.15, -0.1) is 0 Å². The Labute approximate surface area is 115 Å². The molecule has 108 valence electrons. The fraction of sp³-hybridized carbons (Fsp3) is 0.923. The molecule has 2 heterocycles. The summed E-state index contributed by atoms with van der Waals surface area (Å²) in [6.45, 7) is 8.91. The summed E-state index contributed by atoms with van der Waals surface area (Å²) in [4.78, 5) is 13.1. The quantitative estimate of drug-likeness (QED) is 0.793. The van der Waals surface area contributed by atoms with E-state index in [1.54, 1.807) is 0 Å². The van der Waals surface area contributed by atoms with Crippen LogP contribution in [0.15, 0.2) is 0 Å². The molecule has 0 aromatic rings. The molecule has 0 aromatic heterocycles. The van der Waals surface area contributed by atoms with Crippen molar-refractivity contribution >= 4 is 13.2 Å². The lowest BCUT2D eigenvalue weighted by Crippen LogP contribution is -2.51. The predicted octanol–water partition coefficient (Wildman–Crippen LogP) is 1.90. The lowest BCUT2D eigenvalue weighted by molar-refractivity contribution is -0.138. The van der Waals surface area contributed by atoms with Crippen molar-refractivity contribution in [3.63, 3.8) is 0 Å². The Morgan fingerprint density at radius 3 is 2.37 bits per heavy atom. The second-order valence-electron chi connectivity index (χ2n) is 6.55. The number of aliphatic carboxylic acids is 1. The first-order chi connectivity index (χ1) is 8.73. The van der Waals surface area contributed by atoms with Gasteiger partial charge in [0, 0.05) is 6.04 Å². The maximum absolute atomic E-state index is 11.0. The van der Waals surface area contributed by atoms with Crippen LogP contribution in [0.2, 0.25) is 0 Å². The van der Waals surface area contributed by atoms with Gasteiger partial charge in [-0.2, -0.15) is 0 Å². The lowest BCUT2D eigenvalue weighted by atomic mass is 9.90. The van der Waals surface area contributed by atoms with Crippen molar-refractivity contribution in [1.29, 1.82) is 0 Å². The Balaban J connectivity index is 2.09. The largest absolute Gasteiger partial charge is 0.558 e. The number of carboxylic acid groups (broad SMARTS) is 1. The summed E-state index contributed by atoms with van der Waals surface area (Å²) in [6.07, 6.45) is 3.20. The first-order valence-corrected chi connectivity index (χ1v) is 7.06. The lowest BCUT2D eigenvalue weighted by Gasteiger charge is -2.36. The molecule has 0 spiro atoms. The van der Waals surface area contributed by atoms with E-state index >= 15 is 0 Å². The second-order valence-corrected chi connectivity index (χ2v) is 6.55. The molecule has 0 radical (unpaired) electrons. The molecule has 19 heavy (non-hydrogen) atoms. The molecule has 2 aliphatic rings. The van der Waals surface area contributed by atoms with Gasteiger partial charge in [0.15, 0.2) is 0 Å². The number of carboxylic acids is 1. The van der Waals surface area contributed by atoms with Gasteiger partial charge in [0.1, 0.15) is 0 Å². The van der Waals surface area contributed by atoms with Crippen LogP contribution in [-0.2, 0) is 14.1 Å². The highest BCUT2D eigenvalue weighted by atomic mass is 16.7. The third-order valence-corrected chi connectivity index (χ3v) is 4.59.